The molecule has 7 heteroatoms. The maximum Gasteiger partial charge on any atom is 0.191 e. The molecule has 26 heavy (non-hydrogen) atoms. The van der Waals surface area contributed by atoms with Crippen molar-refractivity contribution in [3.05, 3.63) is 0 Å². The number of nitrogens with one attached hydrogen (secondary N) is 2. The Labute approximate surface area is 177 Å². The number of nitrogens with zero attached hydrogens (tertiary/aromatic N) is 2. The maximum atomic E-state index is 5.77. The Morgan fingerprint density at radius 3 is 2.27 bits per heavy atom. The summed E-state index contributed by atoms with van der Waals surface area (Å²) in [4.78, 5) is 7.29. The van der Waals surface area contributed by atoms with Gasteiger partial charge in [0.2, 0.25) is 0 Å². The highest BCUT2D eigenvalue weighted by Gasteiger charge is 2.32. The number of halogens is 1. The first-order valence-electron chi connectivity index (χ1n) is 9.85. The lowest BCUT2D eigenvalue weighted by atomic mass is 9.94. The second-order valence-corrected chi connectivity index (χ2v) is 7.40. The van der Waals surface area contributed by atoms with Crippen LogP contribution in [0.2, 0.25) is 0 Å². The second kappa shape index (κ2) is 14.0. The van der Waals surface area contributed by atoms with Crippen LogP contribution in [-0.2, 0) is 9.47 Å². The van der Waals surface area contributed by atoms with Crippen molar-refractivity contribution >= 4 is 29.9 Å². The summed E-state index contributed by atoms with van der Waals surface area (Å²) in [5.74, 6) is 0.881. The van der Waals surface area contributed by atoms with Crippen molar-refractivity contribution < 1.29 is 9.47 Å². The molecule has 0 aliphatic carbocycles. The minimum atomic E-state index is -0.174. The van der Waals surface area contributed by atoms with Gasteiger partial charge in [0.15, 0.2) is 5.96 Å². The van der Waals surface area contributed by atoms with Crippen LogP contribution in [0.4, 0.5) is 0 Å². The molecule has 156 valence electrons. The molecule has 0 aromatic carbocycles. The standard InChI is InChI=1S/C19H40N4O2.HI/c1-7-20-18(21-11-8-12-23(16(2)3)17(4)5)22-15-19(24-6)9-13-25-14-10-19;/h16-17H,7-15H2,1-6H3,(H2,20,21,22);1H. The van der Waals surface area contributed by atoms with E-state index in [4.69, 9.17) is 14.5 Å². The summed E-state index contributed by atoms with van der Waals surface area (Å²) in [7, 11) is 1.79. The van der Waals surface area contributed by atoms with Gasteiger partial charge in [-0.25, -0.2) is 0 Å². The maximum absolute atomic E-state index is 5.77. The number of rotatable bonds is 10. The van der Waals surface area contributed by atoms with Crippen molar-refractivity contribution in [1.82, 2.24) is 15.5 Å². The molecule has 1 heterocycles. The van der Waals surface area contributed by atoms with E-state index in [1.165, 1.54) is 0 Å². The Bertz CT molecular complexity index is 378. The number of methoxy groups -OCH3 is 1. The van der Waals surface area contributed by atoms with Gasteiger partial charge in [-0.3, -0.25) is 9.89 Å². The summed E-state index contributed by atoms with van der Waals surface area (Å²) in [5, 5.41) is 6.80. The first-order valence-corrected chi connectivity index (χ1v) is 9.85. The van der Waals surface area contributed by atoms with Crippen molar-refractivity contribution in [1.29, 1.82) is 0 Å². The lowest BCUT2D eigenvalue weighted by Crippen LogP contribution is -2.44. The molecule has 2 N–H and O–H groups in total. The summed E-state index contributed by atoms with van der Waals surface area (Å²) in [6.45, 7) is 16.2. The SMILES string of the molecule is CCNC(=NCC1(OC)CCOCC1)NCCCN(C(C)C)C(C)C.I. The summed E-state index contributed by atoms with van der Waals surface area (Å²) >= 11 is 0. The van der Waals surface area contributed by atoms with Crippen molar-refractivity contribution in [2.24, 2.45) is 4.99 Å². The lowest BCUT2D eigenvalue weighted by molar-refractivity contribution is -0.0828. The molecule has 0 unspecified atom stereocenters. The summed E-state index contributed by atoms with van der Waals surface area (Å²) in [6.07, 6.45) is 2.91. The van der Waals surface area contributed by atoms with Gasteiger partial charge in [0.05, 0.1) is 12.1 Å². The van der Waals surface area contributed by atoms with E-state index in [0.717, 1.165) is 58.1 Å². The molecule has 0 bridgehead atoms. The van der Waals surface area contributed by atoms with Crippen LogP contribution in [0.1, 0.15) is 53.9 Å². The molecule has 0 atom stereocenters. The minimum Gasteiger partial charge on any atom is -0.381 e. The van der Waals surface area contributed by atoms with Crippen LogP contribution in [0.3, 0.4) is 0 Å². The Balaban J connectivity index is 0.00000625. The third kappa shape index (κ3) is 9.19. The van der Waals surface area contributed by atoms with Crippen LogP contribution >= 0.6 is 24.0 Å². The van der Waals surface area contributed by atoms with E-state index in [1.807, 2.05) is 0 Å². The Hall–Kier alpha value is -0.120. The normalized spacial score (nSPS) is 17.5. The van der Waals surface area contributed by atoms with Crippen molar-refractivity contribution in [2.45, 2.75) is 71.6 Å². The predicted molar refractivity (Wildman–Crippen MR) is 121 cm³/mol. The minimum absolute atomic E-state index is 0. The van der Waals surface area contributed by atoms with Crippen LogP contribution in [0, 0.1) is 0 Å². The molecule has 6 nitrogen and oxygen atoms in total. The topological polar surface area (TPSA) is 58.1 Å². The molecule has 1 fully saturated rings. The molecule has 0 aromatic rings. The fraction of sp³-hybridized carbons (Fsp3) is 0.947. The Morgan fingerprint density at radius 1 is 1.15 bits per heavy atom. The first-order chi connectivity index (χ1) is 11.9. The van der Waals surface area contributed by atoms with Crippen molar-refractivity contribution in [2.75, 3.05) is 46.5 Å². The molecular weight excluding hydrogens is 443 g/mol. The number of ether oxygens (including phenoxy) is 2. The third-order valence-electron chi connectivity index (χ3n) is 4.92. The zero-order valence-corrected chi connectivity index (χ0v) is 20.0. The number of aliphatic imine (C=N–C) groups is 1. The van der Waals surface area contributed by atoms with Gasteiger partial charge in [0, 0.05) is 64.9 Å². The van der Waals surface area contributed by atoms with Crippen LogP contribution < -0.4 is 10.6 Å². The largest absolute Gasteiger partial charge is 0.381 e. The number of hydrogen-bond acceptors (Lipinski definition) is 4. The van der Waals surface area contributed by atoms with Gasteiger partial charge < -0.3 is 20.1 Å². The highest BCUT2D eigenvalue weighted by atomic mass is 127. The number of guanidine groups is 1. The summed E-state index contributed by atoms with van der Waals surface area (Å²) < 4.78 is 11.2. The van der Waals surface area contributed by atoms with Gasteiger partial charge in [-0.2, -0.15) is 0 Å². The molecule has 1 rings (SSSR count). The predicted octanol–water partition coefficient (Wildman–Crippen LogP) is 2.86. The van der Waals surface area contributed by atoms with Crippen LogP contribution in [0.15, 0.2) is 4.99 Å². The highest BCUT2D eigenvalue weighted by Crippen LogP contribution is 2.24. The first kappa shape index (κ1) is 25.9. The van der Waals surface area contributed by atoms with E-state index >= 15 is 0 Å². The van der Waals surface area contributed by atoms with Crippen LogP contribution in [-0.4, -0.2) is 75.0 Å². The molecule has 0 aromatic heterocycles. The van der Waals surface area contributed by atoms with Crippen LogP contribution in [0.5, 0.6) is 0 Å². The fourth-order valence-corrected chi connectivity index (χ4v) is 3.32. The van der Waals surface area contributed by atoms with Crippen molar-refractivity contribution in [3.8, 4) is 0 Å². The van der Waals surface area contributed by atoms with E-state index in [1.54, 1.807) is 7.11 Å². The van der Waals surface area contributed by atoms with Gasteiger partial charge in [-0.1, -0.05) is 0 Å². The average molecular weight is 484 g/mol. The lowest BCUT2D eigenvalue weighted by Gasteiger charge is -2.34. The molecular formula is C19H41IN4O2. The zero-order valence-electron chi connectivity index (χ0n) is 17.6. The highest BCUT2D eigenvalue weighted by molar-refractivity contribution is 14.0. The monoisotopic (exact) mass is 484 g/mol. The summed E-state index contributed by atoms with van der Waals surface area (Å²) in [5.41, 5.74) is -0.174. The summed E-state index contributed by atoms with van der Waals surface area (Å²) in [6, 6.07) is 1.16. The molecule has 1 saturated heterocycles. The van der Waals surface area contributed by atoms with Gasteiger partial charge in [-0.15, -0.1) is 24.0 Å². The van der Waals surface area contributed by atoms with Gasteiger partial charge >= 0.3 is 0 Å². The van der Waals surface area contributed by atoms with Crippen LogP contribution in [0.25, 0.3) is 0 Å². The molecule has 1 aliphatic heterocycles. The molecule has 1 aliphatic rings. The quantitative estimate of drug-likeness (QED) is 0.216. The van der Waals surface area contributed by atoms with Gasteiger partial charge in [0.25, 0.3) is 0 Å². The molecule has 0 radical (unpaired) electrons. The fourth-order valence-electron chi connectivity index (χ4n) is 3.32. The van der Waals surface area contributed by atoms with E-state index in [9.17, 15) is 0 Å². The molecule has 0 saturated carbocycles. The van der Waals surface area contributed by atoms with Gasteiger partial charge in [0.1, 0.15) is 0 Å². The van der Waals surface area contributed by atoms with Crippen molar-refractivity contribution in [3.63, 3.8) is 0 Å². The zero-order chi connectivity index (χ0) is 18.7. The van der Waals surface area contributed by atoms with Gasteiger partial charge in [-0.05, 0) is 41.0 Å². The van der Waals surface area contributed by atoms with E-state index in [0.29, 0.717) is 18.6 Å². The average Bonchev–Trinajstić information content (AvgIpc) is 2.59. The van der Waals surface area contributed by atoms with E-state index in [2.05, 4.69) is 50.2 Å². The second-order valence-electron chi connectivity index (χ2n) is 7.40. The smallest absolute Gasteiger partial charge is 0.191 e. The molecule has 0 spiro atoms. The number of hydrogen-bond donors (Lipinski definition) is 2. The Morgan fingerprint density at radius 2 is 1.77 bits per heavy atom. The molecule has 0 amide bonds. The van der Waals surface area contributed by atoms with E-state index < -0.39 is 0 Å². The Kier molecular flexibility index (Phi) is 13.9. The van der Waals surface area contributed by atoms with E-state index in [-0.39, 0.29) is 29.6 Å². The third-order valence-corrected chi connectivity index (χ3v) is 4.92.